The van der Waals surface area contributed by atoms with Crippen molar-refractivity contribution in [2.45, 2.75) is 6.04 Å². The van der Waals surface area contributed by atoms with Crippen molar-refractivity contribution in [2.24, 2.45) is 5.73 Å². The first-order valence-electron chi connectivity index (χ1n) is 5.33. The Hall–Kier alpha value is -2.01. The van der Waals surface area contributed by atoms with Crippen molar-refractivity contribution >= 4 is 0 Å². The van der Waals surface area contributed by atoms with E-state index in [1.165, 1.54) is 13.3 Å². The second-order valence-electron chi connectivity index (χ2n) is 3.73. The number of ether oxygens (including phenoxy) is 1. The Kier molecular flexibility index (Phi) is 3.53. The number of hydrogen-bond acceptors (Lipinski definition) is 3. The second kappa shape index (κ2) is 5.10. The van der Waals surface area contributed by atoms with Crippen molar-refractivity contribution in [1.29, 1.82) is 0 Å². The minimum atomic E-state index is -0.878. The zero-order valence-electron chi connectivity index (χ0n) is 9.73. The van der Waals surface area contributed by atoms with Crippen molar-refractivity contribution in [2.75, 3.05) is 7.11 Å². The molecule has 1 aromatic heterocycles. The van der Waals surface area contributed by atoms with Gasteiger partial charge in [-0.2, -0.15) is 0 Å². The molecular weight excluding hydrogens is 238 g/mol. The quantitative estimate of drug-likeness (QED) is 0.910. The van der Waals surface area contributed by atoms with E-state index in [1.807, 2.05) is 0 Å². The molecule has 2 rings (SSSR count). The number of pyridine rings is 1. The fraction of sp³-hybridized carbons (Fsp3) is 0.154. The highest BCUT2D eigenvalue weighted by Crippen LogP contribution is 2.27. The summed E-state index contributed by atoms with van der Waals surface area (Å²) in [6.45, 7) is 0. The highest BCUT2D eigenvalue weighted by atomic mass is 19.1. The Labute approximate surface area is 103 Å². The van der Waals surface area contributed by atoms with E-state index in [4.69, 9.17) is 10.5 Å². The van der Waals surface area contributed by atoms with Crippen molar-refractivity contribution in [3.8, 4) is 5.75 Å². The molecule has 0 bridgehead atoms. The number of methoxy groups -OCH3 is 1. The van der Waals surface area contributed by atoms with Crippen LogP contribution in [0.3, 0.4) is 0 Å². The highest BCUT2D eigenvalue weighted by Gasteiger charge is 2.19. The maximum atomic E-state index is 13.6. The Morgan fingerprint density at radius 1 is 1.28 bits per heavy atom. The van der Waals surface area contributed by atoms with Crippen LogP contribution in [0.5, 0.6) is 5.75 Å². The SMILES string of the molecule is COc1cccnc1C(N)c1cc(F)ccc1F. The van der Waals surface area contributed by atoms with E-state index in [-0.39, 0.29) is 5.56 Å². The third kappa shape index (κ3) is 2.31. The molecule has 0 aliphatic carbocycles. The van der Waals surface area contributed by atoms with Crippen LogP contribution in [0.15, 0.2) is 36.5 Å². The molecule has 18 heavy (non-hydrogen) atoms. The van der Waals surface area contributed by atoms with Crippen LogP contribution in [-0.2, 0) is 0 Å². The van der Waals surface area contributed by atoms with Gasteiger partial charge in [0.05, 0.1) is 13.2 Å². The van der Waals surface area contributed by atoms with Crippen LogP contribution in [0.4, 0.5) is 8.78 Å². The molecule has 2 aromatic rings. The number of nitrogens with zero attached hydrogens (tertiary/aromatic N) is 1. The van der Waals surface area contributed by atoms with Gasteiger partial charge in [0.2, 0.25) is 0 Å². The van der Waals surface area contributed by atoms with Gasteiger partial charge in [0.25, 0.3) is 0 Å². The first-order chi connectivity index (χ1) is 8.63. The molecule has 2 N–H and O–H groups in total. The van der Waals surface area contributed by atoms with Gasteiger partial charge in [0, 0.05) is 11.8 Å². The molecule has 0 saturated carbocycles. The van der Waals surface area contributed by atoms with Gasteiger partial charge in [0.1, 0.15) is 23.1 Å². The van der Waals surface area contributed by atoms with Crippen LogP contribution < -0.4 is 10.5 Å². The predicted octanol–water partition coefficient (Wildman–Crippen LogP) is 2.42. The molecular formula is C13H12F2N2O. The molecule has 1 heterocycles. The van der Waals surface area contributed by atoms with E-state index < -0.39 is 17.7 Å². The topological polar surface area (TPSA) is 48.1 Å². The van der Waals surface area contributed by atoms with Crippen LogP contribution in [0.25, 0.3) is 0 Å². The molecule has 0 aliphatic rings. The molecule has 1 aromatic carbocycles. The number of halogens is 2. The van der Waals surface area contributed by atoms with Crippen LogP contribution in [0.1, 0.15) is 17.3 Å². The van der Waals surface area contributed by atoms with Crippen molar-refractivity contribution < 1.29 is 13.5 Å². The van der Waals surface area contributed by atoms with Crippen LogP contribution in [0.2, 0.25) is 0 Å². The van der Waals surface area contributed by atoms with E-state index in [0.29, 0.717) is 11.4 Å². The predicted molar refractivity (Wildman–Crippen MR) is 63.2 cm³/mol. The number of hydrogen-bond donors (Lipinski definition) is 1. The van der Waals surface area contributed by atoms with Crippen LogP contribution in [-0.4, -0.2) is 12.1 Å². The van der Waals surface area contributed by atoms with Gasteiger partial charge in [-0.3, -0.25) is 4.98 Å². The Morgan fingerprint density at radius 3 is 2.78 bits per heavy atom. The molecule has 0 saturated heterocycles. The maximum absolute atomic E-state index is 13.6. The molecule has 5 heteroatoms. The molecule has 0 spiro atoms. The Bertz CT molecular complexity index is 560. The van der Waals surface area contributed by atoms with Gasteiger partial charge in [-0.15, -0.1) is 0 Å². The summed E-state index contributed by atoms with van der Waals surface area (Å²) in [7, 11) is 1.47. The second-order valence-corrected chi connectivity index (χ2v) is 3.73. The first kappa shape index (κ1) is 12.4. The molecule has 0 fully saturated rings. The number of aromatic nitrogens is 1. The molecule has 0 radical (unpaired) electrons. The van der Waals surface area contributed by atoms with Gasteiger partial charge >= 0.3 is 0 Å². The molecule has 1 unspecified atom stereocenters. The maximum Gasteiger partial charge on any atom is 0.142 e. The lowest BCUT2D eigenvalue weighted by molar-refractivity contribution is 0.404. The fourth-order valence-electron chi connectivity index (χ4n) is 1.71. The number of nitrogens with two attached hydrogens (primary N) is 1. The van der Waals surface area contributed by atoms with E-state index in [1.54, 1.807) is 12.1 Å². The van der Waals surface area contributed by atoms with E-state index >= 15 is 0 Å². The summed E-state index contributed by atoms with van der Waals surface area (Å²) in [5.41, 5.74) is 6.33. The summed E-state index contributed by atoms with van der Waals surface area (Å²) in [5, 5.41) is 0. The Balaban J connectivity index is 2.47. The fourth-order valence-corrected chi connectivity index (χ4v) is 1.71. The minimum absolute atomic E-state index is 0.0481. The average Bonchev–Trinajstić information content (AvgIpc) is 2.40. The summed E-state index contributed by atoms with van der Waals surface area (Å²) in [6, 6.07) is 5.61. The minimum Gasteiger partial charge on any atom is -0.495 e. The average molecular weight is 250 g/mol. The van der Waals surface area contributed by atoms with Gasteiger partial charge in [-0.25, -0.2) is 8.78 Å². The van der Waals surface area contributed by atoms with Gasteiger partial charge < -0.3 is 10.5 Å². The summed E-state index contributed by atoms with van der Waals surface area (Å²) in [6.07, 6.45) is 1.52. The van der Waals surface area contributed by atoms with Gasteiger partial charge in [-0.05, 0) is 30.3 Å². The smallest absolute Gasteiger partial charge is 0.142 e. The van der Waals surface area contributed by atoms with Crippen molar-refractivity contribution in [1.82, 2.24) is 4.98 Å². The summed E-state index contributed by atoms with van der Waals surface area (Å²) >= 11 is 0. The standard InChI is InChI=1S/C13H12F2N2O/c1-18-11-3-2-6-17-13(11)12(16)9-7-8(14)4-5-10(9)15/h2-7,12H,16H2,1H3. The monoisotopic (exact) mass is 250 g/mol. The Morgan fingerprint density at radius 2 is 2.06 bits per heavy atom. The van der Waals surface area contributed by atoms with E-state index in [2.05, 4.69) is 4.98 Å². The highest BCUT2D eigenvalue weighted by molar-refractivity contribution is 5.37. The summed E-state index contributed by atoms with van der Waals surface area (Å²) in [5.74, 6) is -0.679. The molecule has 0 amide bonds. The molecule has 0 aliphatic heterocycles. The third-order valence-corrected chi connectivity index (χ3v) is 2.61. The van der Waals surface area contributed by atoms with E-state index in [9.17, 15) is 8.78 Å². The zero-order valence-corrected chi connectivity index (χ0v) is 9.73. The number of rotatable bonds is 3. The van der Waals surface area contributed by atoms with Crippen molar-refractivity contribution in [3.63, 3.8) is 0 Å². The lowest BCUT2D eigenvalue weighted by Gasteiger charge is -2.15. The third-order valence-electron chi connectivity index (χ3n) is 2.61. The number of benzene rings is 1. The van der Waals surface area contributed by atoms with Crippen molar-refractivity contribution in [3.05, 3.63) is 59.4 Å². The zero-order chi connectivity index (χ0) is 13.1. The molecule has 94 valence electrons. The molecule has 1 atom stereocenters. The largest absolute Gasteiger partial charge is 0.495 e. The van der Waals surface area contributed by atoms with E-state index in [0.717, 1.165) is 18.2 Å². The lowest BCUT2D eigenvalue weighted by atomic mass is 10.0. The lowest BCUT2D eigenvalue weighted by Crippen LogP contribution is -2.16. The summed E-state index contributed by atoms with van der Waals surface area (Å²) in [4.78, 5) is 4.06. The van der Waals surface area contributed by atoms with Gasteiger partial charge in [-0.1, -0.05) is 0 Å². The molecule has 3 nitrogen and oxygen atoms in total. The van der Waals surface area contributed by atoms with Gasteiger partial charge in [0.15, 0.2) is 0 Å². The summed E-state index contributed by atoms with van der Waals surface area (Å²) < 4.78 is 31.9. The normalized spacial score (nSPS) is 12.2. The van der Waals surface area contributed by atoms with Crippen LogP contribution >= 0.6 is 0 Å². The first-order valence-corrected chi connectivity index (χ1v) is 5.33. The van der Waals surface area contributed by atoms with Crippen LogP contribution in [0, 0.1) is 11.6 Å².